The first-order valence-corrected chi connectivity index (χ1v) is 10.1. The van der Waals surface area contributed by atoms with Gasteiger partial charge in [0.15, 0.2) is 10.9 Å². The fraction of sp³-hybridized carbons (Fsp3) is 0.136. The molecule has 0 aliphatic carbocycles. The summed E-state index contributed by atoms with van der Waals surface area (Å²) in [5.74, 6) is -0.00924. The lowest BCUT2D eigenvalue weighted by molar-refractivity contribution is -0.136. The zero-order valence-electron chi connectivity index (χ0n) is 16.0. The lowest BCUT2D eigenvalue weighted by atomic mass is 10.1. The molecule has 0 spiro atoms. The number of halogens is 3. The number of benzene rings is 2. The third kappa shape index (κ3) is 5.00. The van der Waals surface area contributed by atoms with Crippen molar-refractivity contribution in [3.05, 3.63) is 77.4 Å². The van der Waals surface area contributed by atoms with E-state index in [4.69, 9.17) is 4.74 Å². The topological polar surface area (TPSA) is 64.1 Å². The highest BCUT2D eigenvalue weighted by Crippen LogP contribution is 2.36. The van der Waals surface area contributed by atoms with Crippen molar-refractivity contribution in [3.63, 3.8) is 0 Å². The maximum atomic E-state index is 13.2. The molecule has 2 aromatic carbocycles. The predicted molar refractivity (Wildman–Crippen MR) is 113 cm³/mol. The number of nitrogens with one attached hydrogen (secondary N) is 1. The molecule has 0 saturated carbocycles. The van der Waals surface area contributed by atoms with Crippen molar-refractivity contribution in [3.8, 4) is 5.75 Å². The van der Waals surface area contributed by atoms with Crippen molar-refractivity contribution < 1.29 is 22.7 Å². The summed E-state index contributed by atoms with van der Waals surface area (Å²) >= 11 is 1.48. The first kappa shape index (κ1) is 20.8. The zero-order valence-corrected chi connectivity index (χ0v) is 16.8. The van der Waals surface area contributed by atoms with E-state index >= 15 is 0 Å². The van der Waals surface area contributed by atoms with Crippen LogP contribution >= 0.6 is 11.3 Å². The molecule has 2 aromatic heterocycles. The number of hydrogen-bond acceptors (Lipinski definition) is 6. The van der Waals surface area contributed by atoms with E-state index in [1.807, 2.05) is 29.6 Å². The molecule has 4 rings (SSSR count). The second-order valence-electron chi connectivity index (χ2n) is 6.67. The molecule has 0 saturated heterocycles. The van der Waals surface area contributed by atoms with Gasteiger partial charge in [-0.1, -0.05) is 18.2 Å². The van der Waals surface area contributed by atoms with Gasteiger partial charge in [0.25, 0.3) is 0 Å². The Morgan fingerprint density at radius 2 is 1.84 bits per heavy atom. The average molecular weight is 443 g/mol. The van der Waals surface area contributed by atoms with Crippen molar-refractivity contribution in [1.29, 1.82) is 0 Å². The molecule has 0 fully saturated rings. The highest BCUT2D eigenvalue weighted by Gasteiger charge is 2.33. The third-order valence-corrected chi connectivity index (χ3v) is 5.15. The van der Waals surface area contributed by atoms with Gasteiger partial charge < -0.3 is 10.1 Å². The molecule has 31 heavy (non-hydrogen) atoms. The Labute approximate surface area is 179 Å². The number of thiazole rings is 1. The number of alkyl halides is 3. The number of anilines is 2. The number of aromatic nitrogens is 2. The molecule has 5 nitrogen and oxygen atoms in total. The van der Waals surface area contributed by atoms with E-state index < -0.39 is 11.7 Å². The number of ketones is 1. The van der Waals surface area contributed by atoms with Gasteiger partial charge in [0.1, 0.15) is 12.4 Å². The summed E-state index contributed by atoms with van der Waals surface area (Å²) in [6.07, 6.45) is -1.43. The van der Waals surface area contributed by atoms with E-state index in [2.05, 4.69) is 15.3 Å². The van der Waals surface area contributed by atoms with Gasteiger partial charge in [-0.25, -0.2) is 4.98 Å². The second kappa shape index (κ2) is 8.73. The number of Topliss-reactive ketones (excluding diaryl/α,β-unsaturated/α-hetero) is 1. The van der Waals surface area contributed by atoms with Gasteiger partial charge in [0.05, 0.1) is 11.1 Å². The number of rotatable bonds is 7. The number of carbonyl (C=O) groups is 1. The fourth-order valence-electron chi connectivity index (χ4n) is 3.06. The minimum atomic E-state index is -4.53. The normalized spacial score (nSPS) is 11.5. The summed E-state index contributed by atoms with van der Waals surface area (Å²) in [6.45, 7) is -0.255. The van der Waals surface area contributed by atoms with Crippen LogP contribution in [0.5, 0.6) is 5.75 Å². The largest absolute Gasteiger partial charge is 0.485 e. The zero-order chi connectivity index (χ0) is 21.8. The average Bonchev–Trinajstić information content (AvgIpc) is 3.25. The smallest absolute Gasteiger partial charge is 0.418 e. The Morgan fingerprint density at radius 1 is 1.03 bits per heavy atom. The molecule has 158 valence electrons. The second-order valence-corrected chi connectivity index (χ2v) is 7.57. The monoisotopic (exact) mass is 443 g/mol. The molecule has 0 bridgehead atoms. The lowest BCUT2D eigenvalue weighted by Crippen LogP contribution is -2.14. The van der Waals surface area contributed by atoms with Crippen molar-refractivity contribution in [2.45, 2.75) is 12.6 Å². The van der Waals surface area contributed by atoms with Crippen LogP contribution in [0, 0.1) is 0 Å². The van der Waals surface area contributed by atoms with E-state index in [1.54, 1.807) is 6.20 Å². The Balaban J connectivity index is 1.40. The number of para-hydroxylation sites is 1. The number of hydrogen-bond donors (Lipinski definition) is 1. The van der Waals surface area contributed by atoms with E-state index in [-0.39, 0.29) is 35.5 Å². The molecule has 0 aliphatic heterocycles. The fourth-order valence-corrected chi connectivity index (χ4v) is 3.61. The number of nitrogens with zero attached hydrogens (tertiary/aromatic N) is 2. The first-order chi connectivity index (χ1) is 14.9. The molecule has 9 heteroatoms. The molecule has 0 amide bonds. The number of fused-ring (bicyclic) bond motifs is 1. The van der Waals surface area contributed by atoms with Crippen LogP contribution in [0.15, 0.2) is 66.3 Å². The summed E-state index contributed by atoms with van der Waals surface area (Å²) in [7, 11) is 0. The maximum absolute atomic E-state index is 13.2. The van der Waals surface area contributed by atoms with Crippen LogP contribution in [-0.4, -0.2) is 22.4 Å². The van der Waals surface area contributed by atoms with Crippen LogP contribution in [0.25, 0.3) is 10.9 Å². The third-order valence-electron chi connectivity index (χ3n) is 4.46. The van der Waals surface area contributed by atoms with Crippen LogP contribution in [-0.2, 0) is 17.4 Å². The van der Waals surface area contributed by atoms with Crippen LogP contribution in [0.1, 0.15) is 11.1 Å². The van der Waals surface area contributed by atoms with Crippen LogP contribution in [0.2, 0.25) is 0 Å². The number of ether oxygens (including phenoxy) is 1. The molecule has 0 aliphatic rings. The highest BCUT2D eigenvalue weighted by atomic mass is 32.1. The number of pyridine rings is 1. The molecule has 0 unspecified atom stereocenters. The van der Waals surface area contributed by atoms with Crippen molar-refractivity contribution >= 4 is 38.8 Å². The quantitative estimate of drug-likeness (QED) is 0.400. The minimum absolute atomic E-state index is 0.147. The molecule has 0 radical (unpaired) electrons. The van der Waals surface area contributed by atoms with E-state index in [1.165, 1.54) is 35.7 Å². The van der Waals surface area contributed by atoms with Gasteiger partial charge in [-0.05, 0) is 35.9 Å². The Hall–Kier alpha value is -3.46. The van der Waals surface area contributed by atoms with Gasteiger partial charge in [-0.3, -0.25) is 9.78 Å². The molecular formula is C22H16F3N3O2S. The minimum Gasteiger partial charge on any atom is -0.485 e. The highest BCUT2D eigenvalue weighted by molar-refractivity contribution is 7.13. The summed E-state index contributed by atoms with van der Waals surface area (Å²) in [4.78, 5) is 20.3. The Kier molecular flexibility index (Phi) is 5.85. The van der Waals surface area contributed by atoms with E-state index in [0.29, 0.717) is 0 Å². The van der Waals surface area contributed by atoms with Gasteiger partial charge in [-0.2, -0.15) is 13.2 Å². The summed E-state index contributed by atoms with van der Waals surface area (Å²) in [6, 6.07) is 12.6. The Bertz CT molecular complexity index is 1190. The summed E-state index contributed by atoms with van der Waals surface area (Å²) in [5.41, 5.74) is 0.611. The van der Waals surface area contributed by atoms with Crippen molar-refractivity contribution in [2.75, 3.05) is 11.9 Å². The molecule has 1 N–H and O–H groups in total. The van der Waals surface area contributed by atoms with E-state index in [0.717, 1.165) is 22.4 Å². The van der Waals surface area contributed by atoms with Gasteiger partial charge >= 0.3 is 6.18 Å². The number of carbonyl (C=O) groups excluding carboxylic acids is 1. The van der Waals surface area contributed by atoms with Gasteiger partial charge in [0.2, 0.25) is 0 Å². The molecule has 2 heterocycles. The van der Waals surface area contributed by atoms with Crippen LogP contribution in [0.3, 0.4) is 0 Å². The first-order valence-electron chi connectivity index (χ1n) is 9.25. The molecular weight excluding hydrogens is 427 g/mol. The molecule has 4 aromatic rings. The molecule has 0 atom stereocenters. The van der Waals surface area contributed by atoms with Gasteiger partial charge in [0, 0.05) is 35.3 Å². The summed E-state index contributed by atoms with van der Waals surface area (Å²) < 4.78 is 45.1. The van der Waals surface area contributed by atoms with Crippen LogP contribution < -0.4 is 10.1 Å². The SMILES string of the molecule is O=C(COc1ccnc2c(C(F)(F)F)cccc12)Cc1ccc(Nc2nccs2)cc1. The van der Waals surface area contributed by atoms with Crippen LogP contribution in [0.4, 0.5) is 24.0 Å². The lowest BCUT2D eigenvalue weighted by Gasteiger charge is -2.12. The predicted octanol–water partition coefficient (Wildman–Crippen LogP) is 5.64. The standard InChI is InChI=1S/C22H16F3N3O2S/c23-22(24,25)18-3-1-2-17-19(8-9-26-20(17)18)30-13-16(29)12-14-4-6-15(7-5-14)28-21-27-10-11-31-21/h1-11H,12-13H2,(H,27,28). The summed E-state index contributed by atoms with van der Waals surface area (Å²) in [5, 5.41) is 6.01. The van der Waals surface area contributed by atoms with Crippen molar-refractivity contribution in [1.82, 2.24) is 9.97 Å². The van der Waals surface area contributed by atoms with Gasteiger partial charge in [-0.15, -0.1) is 11.3 Å². The maximum Gasteiger partial charge on any atom is 0.418 e. The van der Waals surface area contributed by atoms with E-state index in [9.17, 15) is 18.0 Å². The Morgan fingerprint density at radius 3 is 2.55 bits per heavy atom. The van der Waals surface area contributed by atoms with Crippen molar-refractivity contribution in [2.24, 2.45) is 0 Å².